The Hall–Kier alpha value is -2.29. The van der Waals surface area contributed by atoms with Crippen molar-refractivity contribution in [1.82, 2.24) is 0 Å². The SMILES string of the molecule is CC1Cc2ccccc2N1N=C(N)c1ccccc1. The molecule has 1 heterocycles. The van der Waals surface area contributed by atoms with E-state index in [1.165, 1.54) is 5.56 Å². The number of rotatable bonds is 2. The van der Waals surface area contributed by atoms with Gasteiger partial charge in [0.05, 0.1) is 11.7 Å². The second kappa shape index (κ2) is 4.76. The van der Waals surface area contributed by atoms with Gasteiger partial charge in [-0.2, -0.15) is 5.10 Å². The predicted octanol–water partition coefficient (Wildman–Crippen LogP) is 2.76. The van der Waals surface area contributed by atoms with Gasteiger partial charge in [-0.3, -0.25) is 5.01 Å². The maximum absolute atomic E-state index is 6.10. The standard InChI is InChI=1S/C16H17N3/c1-12-11-14-9-5-6-10-15(14)19(12)18-16(17)13-7-3-2-4-8-13/h2-10,12H,11H2,1H3,(H2,17,18). The molecule has 0 fully saturated rings. The lowest BCUT2D eigenvalue weighted by Crippen LogP contribution is -2.28. The largest absolute Gasteiger partial charge is 0.382 e. The molecule has 19 heavy (non-hydrogen) atoms. The van der Waals surface area contributed by atoms with E-state index in [2.05, 4.69) is 30.2 Å². The maximum atomic E-state index is 6.10. The van der Waals surface area contributed by atoms with Crippen LogP contribution in [0.3, 0.4) is 0 Å². The normalized spacial score (nSPS) is 18.5. The third-order valence-corrected chi connectivity index (χ3v) is 3.46. The van der Waals surface area contributed by atoms with E-state index >= 15 is 0 Å². The molecule has 1 aliphatic rings. The Morgan fingerprint density at radius 2 is 1.79 bits per heavy atom. The van der Waals surface area contributed by atoms with Crippen molar-refractivity contribution < 1.29 is 0 Å². The van der Waals surface area contributed by atoms with Crippen LogP contribution in [0.15, 0.2) is 59.7 Å². The molecule has 0 radical (unpaired) electrons. The van der Waals surface area contributed by atoms with Gasteiger partial charge in [0, 0.05) is 5.56 Å². The van der Waals surface area contributed by atoms with E-state index in [-0.39, 0.29) is 0 Å². The Morgan fingerprint density at radius 1 is 1.11 bits per heavy atom. The minimum absolute atomic E-state index is 0.347. The molecule has 2 aromatic carbocycles. The second-order valence-corrected chi connectivity index (χ2v) is 4.88. The summed E-state index contributed by atoms with van der Waals surface area (Å²) in [6.07, 6.45) is 1.02. The first-order valence-corrected chi connectivity index (χ1v) is 6.52. The van der Waals surface area contributed by atoms with Crippen LogP contribution in [-0.4, -0.2) is 11.9 Å². The molecule has 1 unspecified atom stereocenters. The van der Waals surface area contributed by atoms with Gasteiger partial charge in [-0.05, 0) is 25.0 Å². The van der Waals surface area contributed by atoms with Crippen molar-refractivity contribution in [3.8, 4) is 0 Å². The van der Waals surface area contributed by atoms with Gasteiger partial charge in [-0.1, -0.05) is 48.5 Å². The van der Waals surface area contributed by atoms with Crippen LogP contribution in [0.5, 0.6) is 0 Å². The molecule has 0 aromatic heterocycles. The van der Waals surface area contributed by atoms with Gasteiger partial charge in [-0.15, -0.1) is 0 Å². The molecule has 96 valence electrons. The molecule has 3 nitrogen and oxygen atoms in total. The number of nitrogens with two attached hydrogens (primary N) is 1. The number of hydrogen-bond acceptors (Lipinski definition) is 2. The zero-order chi connectivity index (χ0) is 13.2. The third-order valence-electron chi connectivity index (χ3n) is 3.46. The molecule has 0 saturated carbocycles. The van der Waals surface area contributed by atoms with Gasteiger partial charge < -0.3 is 5.73 Å². The van der Waals surface area contributed by atoms with Crippen LogP contribution in [0.1, 0.15) is 18.1 Å². The second-order valence-electron chi connectivity index (χ2n) is 4.88. The number of nitrogens with zero attached hydrogens (tertiary/aromatic N) is 2. The van der Waals surface area contributed by atoms with Crippen LogP contribution in [0.2, 0.25) is 0 Å². The lowest BCUT2D eigenvalue weighted by atomic mass is 10.1. The van der Waals surface area contributed by atoms with Crippen molar-refractivity contribution in [2.75, 3.05) is 5.01 Å². The molecule has 2 aromatic rings. The molecular formula is C16H17N3. The quantitative estimate of drug-likeness (QED) is 0.658. The van der Waals surface area contributed by atoms with E-state index in [9.17, 15) is 0 Å². The Bertz CT molecular complexity index is 604. The highest BCUT2D eigenvalue weighted by molar-refractivity contribution is 5.98. The highest BCUT2D eigenvalue weighted by Crippen LogP contribution is 2.31. The summed E-state index contributed by atoms with van der Waals surface area (Å²) in [6, 6.07) is 18.6. The summed E-state index contributed by atoms with van der Waals surface area (Å²) >= 11 is 0. The number of anilines is 1. The zero-order valence-electron chi connectivity index (χ0n) is 11.0. The monoisotopic (exact) mass is 251 g/mol. The summed E-state index contributed by atoms with van der Waals surface area (Å²) < 4.78 is 0. The average molecular weight is 251 g/mol. The number of hydrogen-bond donors (Lipinski definition) is 1. The molecule has 0 aliphatic carbocycles. The van der Waals surface area contributed by atoms with E-state index < -0.39 is 0 Å². The van der Waals surface area contributed by atoms with Gasteiger partial charge in [0.15, 0.2) is 5.84 Å². The first-order valence-electron chi connectivity index (χ1n) is 6.52. The fourth-order valence-corrected chi connectivity index (χ4v) is 2.48. The minimum atomic E-state index is 0.347. The molecule has 2 N–H and O–H groups in total. The Kier molecular flexibility index (Phi) is 2.95. The number of para-hydroxylation sites is 1. The van der Waals surface area contributed by atoms with Crippen molar-refractivity contribution in [2.24, 2.45) is 10.8 Å². The molecule has 3 rings (SSSR count). The minimum Gasteiger partial charge on any atom is -0.382 e. The fourth-order valence-electron chi connectivity index (χ4n) is 2.48. The Morgan fingerprint density at radius 3 is 2.58 bits per heavy atom. The topological polar surface area (TPSA) is 41.6 Å². The van der Waals surface area contributed by atoms with Gasteiger partial charge in [0.1, 0.15) is 0 Å². The molecule has 1 atom stereocenters. The van der Waals surface area contributed by atoms with Crippen LogP contribution < -0.4 is 10.7 Å². The third kappa shape index (κ3) is 2.19. The van der Waals surface area contributed by atoms with E-state index in [1.807, 2.05) is 41.4 Å². The smallest absolute Gasteiger partial charge is 0.151 e. The summed E-state index contributed by atoms with van der Waals surface area (Å²) in [7, 11) is 0. The van der Waals surface area contributed by atoms with E-state index in [0.717, 1.165) is 17.7 Å². The number of benzene rings is 2. The van der Waals surface area contributed by atoms with Gasteiger partial charge in [0.2, 0.25) is 0 Å². The molecular weight excluding hydrogens is 234 g/mol. The van der Waals surface area contributed by atoms with Crippen molar-refractivity contribution in [3.05, 3.63) is 65.7 Å². The van der Waals surface area contributed by atoms with Crippen LogP contribution >= 0.6 is 0 Å². The van der Waals surface area contributed by atoms with Crippen LogP contribution in [-0.2, 0) is 6.42 Å². The van der Waals surface area contributed by atoms with Crippen molar-refractivity contribution in [1.29, 1.82) is 0 Å². The van der Waals surface area contributed by atoms with Crippen molar-refractivity contribution >= 4 is 11.5 Å². The zero-order valence-corrected chi connectivity index (χ0v) is 11.0. The first-order chi connectivity index (χ1) is 9.25. The summed E-state index contributed by atoms with van der Waals surface area (Å²) in [6.45, 7) is 2.17. The highest BCUT2D eigenvalue weighted by atomic mass is 15.5. The first kappa shape index (κ1) is 11.8. The van der Waals surface area contributed by atoms with Crippen LogP contribution in [0.4, 0.5) is 5.69 Å². The Labute approximate surface area is 113 Å². The van der Waals surface area contributed by atoms with Gasteiger partial charge >= 0.3 is 0 Å². The maximum Gasteiger partial charge on any atom is 0.151 e. The fraction of sp³-hybridized carbons (Fsp3) is 0.188. The number of hydrazone groups is 1. The van der Waals surface area contributed by atoms with Crippen molar-refractivity contribution in [2.45, 2.75) is 19.4 Å². The predicted molar refractivity (Wildman–Crippen MR) is 79.3 cm³/mol. The summed E-state index contributed by atoms with van der Waals surface area (Å²) in [5, 5.41) is 6.62. The molecule has 0 bridgehead atoms. The summed E-state index contributed by atoms with van der Waals surface area (Å²) in [4.78, 5) is 0. The van der Waals surface area contributed by atoms with E-state index in [4.69, 9.17) is 5.73 Å². The van der Waals surface area contributed by atoms with E-state index in [1.54, 1.807) is 0 Å². The molecule has 3 heteroatoms. The molecule has 0 saturated heterocycles. The summed E-state index contributed by atoms with van der Waals surface area (Å²) in [5.41, 5.74) is 9.55. The lowest BCUT2D eigenvalue weighted by molar-refractivity contribution is 0.698. The molecule has 0 amide bonds. The number of amidine groups is 1. The van der Waals surface area contributed by atoms with Crippen molar-refractivity contribution in [3.63, 3.8) is 0 Å². The Balaban J connectivity index is 1.95. The molecule has 1 aliphatic heterocycles. The molecule has 0 spiro atoms. The van der Waals surface area contributed by atoms with E-state index in [0.29, 0.717) is 11.9 Å². The number of fused-ring (bicyclic) bond motifs is 1. The highest BCUT2D eigenvalue weighted by Gasteiger charge is 2.25. The van der Waals surface area contributed by atoms with Crippen LogP contribution in [0.25, 0.3) is 0 Å². The van der Waals surface area contributed by atoms with Gasteiger partial charge in [0.25, 0.3) is 0 Å². The average Bonchev–Trinajstić information content (AvgIpc) is 2.76. The van der Waals surface area contributed by atoms with Crippen LogP contribution in [0, 0.1) is 0 Å². The van der Waals surface area contributed by atoms with Gasteiger partial charge in [-0.25, -0.2) is 0 Å². The lowest BCUT2D eigenvalue weighted by Gasteiger charge is -2.19. The summed E-state index contributed by atoms with van der Waals surface area (Å²) in [5.74, 6) is 0.559.